The van der Waals surface area contributed by atoms with Gasteiger partial charge in [0.2, 0.25) is 0 Å². The van der Waals surface area contributed by atoms with Gasteiger partial charge in [0, 0.05) is 11.4 Å². The Morgan fingerprint density at radius 2 is 2.32 bits per heavy atom. The van der Waals surface area contributed by atoms with Crippen LogP contribution in [0.2, 0.25) is 0 Å². The molecule has 0 bridgehead atoms. The second kappa shape index (κ2) is 5.58. The van der Waals surface area contributed by atoms with E-state index < -0.39 is 12.1 Å². The molecular formula is C12H15NO5S. The lowest BCUT2D eigenvalue weighted by Crippen LogP contribution is -2.48. The van der Waals surface area contributed by atoms with Crippen molar-refractivity contribution in [2.45, 2.75) is 13.0 Å². The van der Waals surface area contributed by atoms with Gasteiger partial charge in [0.05, 0.1) is 20.3 Å². The zero-order chi connectivity index (χ0) is 14.0. The maximum absolute atomic E-state index is 12.4. The Labute approximate surface area is 114 Å². The minimum atomic E-state index is -1.05. The quantitative estimate of drug-likeness (QED) is 0.896. The molecule has 19 heavy (non-hydrogen) atoms. The van der Waals surface area contributed by atoms with Gasteiger partial charge in [0.15, 0.2) is 6.10 Å². The first-order valence-corrected chi connectivity index (χ1v) is 6.62. The second-order valence-electron chi connectivity index (χ2n) is 4.20. The number of methoxy groups -OCH3 is 1. The summed E-state index contributed by atoms with van der Waals surface area (Å²) in [5.74, 6) is -0.720. The number of rotatable bonds is 3. The number of aryl methyl sites for hydroxylation is 1. The molecule has 0 radical (unpaired) electrons. The average molecular weight is 285 g/mol. The number of amides is 1. The number of aliphatic carboxylic acids is 1. The van der Waals surface area contributed by atoms with Crippen LogP contribution in [-0.2, 0) is 9.53 Å². The van der Waals surface area contributed by atoms with Crippen molar-refractivity contribution in [3.05, 3.63) is 15.8 Å². The standard InChI is InChI=1S/C12H15NO5S/c1-7-5-8(17-2)10(19-7)11(14)13-3-4-18-9(6-13)12(15)16/h5,9H,3-4,6H2,1-2H3,(H,15,16)/t9-/m0/s1. The molecule has 2 rings (SSSR count). The van der Waals surface area contributed by atoms with Crippen molar-refractivity contribution in [3.8, 4) is 5.75 Å². The highest BCUT2D eigenvalue weighted by Gasteiger charge is 2.31. The molecule has 1 aliphatic heterocycles. The van der Waals surface area contributed by atoms with Gasteiger partial charge < -0.3 is 19.5 Å². The molecule has 1 aromatic rings. The van der Waals surface area contributed by atoms with E-state index in [-0.39, 0.29) is 19.1 Å². The van der Waals surface area contributed by atoms with E-state index in [1.54, 1.807) is 6.07 Å². The highest BCUT2D eigenvalue weighted by molar-refractivity contribution is 7.14. The molecule has 0 spiro atoms. The molecule has 7 heteroatoms. The number of morpholine rings is 1. The Balaban J connectivity index is 2.16. The zero-order valence-electron chi connectivity index (χ0n) is 10.7. The third-order valence-corrected chi connectivity index (χ3v) is 3.88. The van der Waals surface area contributed by atoms with Crippen LogP contribution in [0.4, 0.5) is 0 Å². The van der Waals surface area contributed by atoms with Gasteiger partial charge in [-0.25, -0.2) is 4.79 Å². The molecule has 1 amide bonds. The van der Waals surface area contributed by atoms with Crippen molar-refractivity contribution in [1.82, 2.24) is 4.90 Å². The van der Waals surface area contributed by atoms with Gasteiger partial charge in [0.25, 0.3) is 5.91 Å². The van der Waals surface area contributed by atoms with Crippen LogP contribution in [0.25, 0.3) is 0 Å². The van der Waals surface area contributed by atoms with Crippen LogP contribution in [0, 0.1) is 6.92 Å². The fourth-order valence-corrected chi connectivity index (χ4v) is 2.87. The Morgan fingerprint density at radius 3 is 2.95 bits per heavy atom. The van der Waals surface area contributed by atoms with Crippen LogP contribution < -0.4 is 4.74 Å². The topological polar surface area (TPSA) is 76.1 Å². The molecule has 104 valence electrons. The molecule has 1 N–H and O–H groups in total. The number of carbonyl (C=O) groups is 2. The monoisotopic (exact) mass is 285 g/mol. The van der Waals surface area contributed by atoms with Gasteiger partial charge in [-0.3, -0.25) is 4.79 Å². The van der Waals surface area contributed by atoms with Gasteiger partial charge >= 0.3 is 5.97 Å². The average Bonchev–Trinajstić information content (AvgIpc) is 2.79. The smallest absolute Gasteiger partial charge is 0.334 e. The first kappa shape index (κ1) is 13.8. The van der Waals surface area contributed by atoms with E-state index in [1.165, 1.54) is 23.3 Å². The van der Waals surface area contributed by atoms with E-state index in [1.807, 2.05) is 6.92 Å². The number of nitrogens with zero attached hydrogens (tertiary/aromatic N) is 1. The molecule has 2 heterocycles. The first-order valence-electron chi connectivity index (χ1n) is 5.81. The molecule has 1 atom stereocenters. The van der Waals surface area contributed by atoms with E-state index in [0.29, 0.717) is 17.2 Å². The minimum absolute atomic E-state index is 0.0638. The van der Waals surface area contributed by atoms with E-state index >= 15 is 0 Å². The van der Waals surface area contributed by atoms with Crippen LogP contribution >= 0.6 is 11.3 Å². The summed E-state index contributed by atoms with van der Waals surface area (Å²) in [6.45, 7) is 2.58. The number of hydrogen-bond donors (Lipinski definition) is 1. The first-order chi connectivity index (χ1) is 9.02. The highest BCUT2D eigenvalue weighted by atomic mass is 32.1. The lowest BCUT2D eigenvalue weighted by molar-refractivity contribution is -0.154. The Hall–Kier alpha value is -1.60. The third kappa shape index (κ3) is 2.87. The van der Waals surface area contributed by atoms with Crippen molar-refractivity contribution in [2.75, 3.05) is 26.8 Å². The Bertz CT molecular complexity index is 498. The summed E-state index contributed by atoms with van der Waals surface area (Å²) in [7, 11) is 1.51. The van der Waals surface area contributed by atoms with Crippen molar-refractivity contribution in [2.24, 2.45) is 0 Å². The third-order valence-electron chi connectivity index (χ3n) is 2.86. The molecule has 0 aliphatic carbocycles. The number of ether oxygens (including phenoxy) is 2. The lowest BCUT2D eigenvalue weighted by Gasteiger charge is -2.30. The molecule has 0 saturated carbocycles. The van der Waals surface area contributed by atoms with Gasteiger partial charge in [0.1, 0.15) is 10.6 Å². The van der Waals surface area contributed by atoms with Gasteiger partial charge in [-0.1, -0.05) is 0 Å². The summed E-state index contributed by atoms with van der Waals surface area (Å²) in [6.07, 6.45) is -0.954. The van der Waals surface area contributed by atoms with Crippen LogP contribution in [-0.4, -0.2) is 54.8 Å². The number of carboxylic acid groups (broad SMARTS) is 1. The maximum atomic E-state index is 12.4. The summed E-state index contributed by atoms with van der Waals surface area (Å²) in [4.78, 5) is 26.2. The fraction of sp³-hybridized carbons (Fsp3) is 0.500. The summed E-state index contributed by atoms with van der Waals surface area (Å²) in [6, 6.07) is 1.80. The van der Waals surface area contributed by atoms with Gasteiger partial charge in [-0.05, 0) is 13.0 Å². The van der Waals surface area contributed by atoms with Crippen molar-refractivity contribution < 1.29 is 24.2 Å². The van der Waals surface area contributed by atoms with E-state index in [4.69, 9.17) is 14.6 Å². The molecule has 1 fully saturated rings. The Kier molecular flexibility index (Phi) is 4.06. The predicted octanol–water partition coefficient (Wildman–Crippen LogP) is 0.991. The second-order valence-corrected chi connectivity index (χ2v) is 5.46. The van der Waals surface area contributed by atoms with Gasteiger partial charge in [-0.15, -0.1) is 11.3 Å². The SMILES string of the molecule is COc1cc(C)sc1C(=O)N1CCO[C@H](C(=O)O)C1. The molecule has 1 aromatic heterocycles. The van der Waals surface area contributed by atoms with Crippen molar-refractivity contribution in [1.29, 1.82) is 0 Å². The largest absolute Gasteiger partial charge is 0.495 e. The van der Waals surface area contributed by atoms with Crippen LogP contribution in [0.1, 0.15) is 14.5 Å². The summed E-state index contributed by atoms with van der Waals surface area (Å²) in [5.41, 5.74) is 0. The van der Waals surface area contributed by atoms with Crippen LogP contribution in [0.15, 0.2) is 6.07 Å². The predicted molar refractivity (Wildman–Crippen MR) is 68.9 cm³/mol. The van der Waals surface area contributed by atoms with Crippen molar-refractivity contribution in [3.63, 3.8) is 0 Å². The molecule has 1 aliphatic rings. The molecule has 0 aromatic carbocycles. The number of carbonyl (C=O) groups excluding carboxylic acids is 1. The lowest BCUT2D eigenvalue weighted by atomic mass is 10.2. The molecule has 0 unspecified atom stereocenters. The van der Waals surface area contributed by atoms with Crippen LogP contribution in [0.3, 0.4) is 0 Å². The number of thiophene rings is 1. The molecule has 1 saturated heterocycles. The number of hydrogen-bond acceptors (Lipinski definition) is 5. The minimum Gasteiger partial charge on any atom is -0.495 e. The Morgan fingerprint density at radius 1 is 1.58 bits per heavy atom. The molecule has 6 nitrogen and oxygen atoms in total. The highest BCUT2D eigenvalue weighted by Crippen LogP contribution is 2.30. The zero-order valence-corrected chi connectivity index (χ0v) is 11.5. The number of carboxylic acids is 1. The van der Waals surface area contributed by atoms with E-state index in [9.17, 15) is 9.59 Å². The normalized spacial score (nSPS) is 19.3. The summed E-state index contributed by atoms with van der Waals surface area (Å²) < 4.78 is 10.3. The summed E-state index contributed by atoms with van der Waals surface area (Å²) >= 11 is 1.35. The van der Waals surface area contributed by atoms with Gasteiger partial charge in [-0.2, -0.15) is 0 Å². The van der Waals surface area contributed by atoms with Crippen LogP contribution in [0.5, 0.6) is 5.75 Å². The molecular weight excluding hydrogens is 270 g/mol. The van der Waals surface area contributed by atoms with E-state index in [2.05, 4.69) is 0 Å². The van der Waals surface area contributed by atoms with Crippen molar-refractivity contribution >= 4 is 23.2 Å². The van der Waals surface area contributed by atoms with E-state index in [0.717, 1.165) is 4.88 Å². The summed E-state index contributed by atoms with van der Waals surface area (Å²) in [5, 5.41) is 8.93. The fourth-order valence-electron chi connectivity index (χ4n) is 1.92. The maximum Gasteiger partial charge on any atom is 0.334 e.